The van der Waals surface area contributed by atoms with Crippen molar-refractivity contribution in [1.82, 2.24) is 5.32 Å². The number of rotatable bonds is 8. The Morgan fingerprint density at radius 1 is 0.706 bits per heavy atom. The first kappa shape index (κ1) is 22.9. The molecule has 0 bridgehead atoms. The van der Waals surface area contributed by atoms with Gasteiger partial charge in [0.25, 0.3) is 0 Å². The first-order chi connectivity index (χ1) is 16.5. The molecule has 0 saturated heterocycles. The zero-order chi connectivity index (χ0) is 24.0. The van der Waals surface area contributed by atoms with Crippen LogP contribution in [0.2, 0.25) is 0 Å². The van der Waals surface area contributed by atoms with E-state index in [1.54, 1.807) is 18.2 Å². The second-order valence-electron chi connectivity index (χ2n) is 8.07. The van der Waals surface area contributed by atoms with Crippen molar-refractivity contribution in [1.29, 1.82) is 0 Å². The van der Waals surface area contributed by atoms with Gasteiger partial charge in [-0.15, -0.1) is 0 Å². The van der Waals surface area contributed by atoms with Crippen LogP contribution >= 0.6 is 0 Å². The van der Waals surface area contributed by atoms with E-state index < -0.39 is 29.1 Å². The molecule has 0 saturated carbocycles. The summed E-state index contributed by atoms with van der Waals surface area (Å²) in [7, 11) is 0. The summed E-state index contributed by atoms with van der Waals surface area (Å²) < 4.78 is 14.3. The molecular formula is C29H25FN2O2. The molecule has 0 aromatic heterocycles. The van der Waals surface area contributed by atoms with Crippen LogP contribution in [0.25, 0.3) is 0 Å². The van der Waals surface area contributed by atoms with Gasteiger partial charge in [0.15, 0.2) is 0 Å². The number of hydrogen-bond donors (Lipinski definition) is 2. The van der Waals surface area contributed by atoms with Gasteiger partial charge in [0.1, 0.15) is 17.3 Å². The molecule has 170 valence electrons. The van der Waals surface area contributed by atoms with Crippen LogP contribution in [0.5, 0.6) is 0 Å². The van der Waals surface area contributed by atoms with Gasteiger partial charge in [-0.1, -0.05) is 109 Å². The lowest BCUT2D eigenvalue weighted by Crippen LogP contribution is -2.54. The Labute approximate surface area is 198 Å². The average molecular weight is 453 g/mol. The summed E-state index contributed by atoms with van der Waals surface area (Å²) in [5.41, 5.74) is 6.92. The molecule has 0 radical (unpaired) electrons. The van der Waals surface area contributed by atoms with Crippen molar-refractivity contribution in [3.05, 3.63) is 143 Å². The van der Waals surface area contributed by atoms with Crippen LogP contribution in [0.1, 0.15) is 22.3 Å². The predicted molar refractivity (Wildman–Crippen MR) is 130 cm³/mol. The quantitative estimate of drug-likeness (QED) is 0.390. The average Bonchev–Trinajstić information content (AvgIpc) is 2.87. The maximum absolute atomic E-state index is 14.3. The Morgan fingerprint density at radius 3 is 1.53 bits per heavy atom. The van der Waals surface area contributed by atoms with Gasteiger partial charge < -0.3 is 11.1 Å². The standard InChI is InChI=1S/C29H25FN2O2/c30-25-19-11-10-12-21(25)20-26(27(31)33)32-28(34)29(22-13-4-1-5-14-22,23-15-6-2-7-16-23)24-17-8-3-9-18-24/h1-19,26H,20H2,(H2,31,33)(H,32,34)/t26-/m1/s1. The highest BCUT2D eigenvalue weighted by atomic mass is 19.1. The third-order valence-corrected chi connectivity index (χ3v) is 5.99. The lowest BCUT2D eigenvalue weighted by Gasteiger charge is -2.35. The molecule has 5 heteroatoms. The van der Waals surface area contributed by atoms with E-state index in [0.717, 1.165) is 16.7 Å². The number of hydrogen-bond acceptors (Lipinski definition) is 2. The molecule has 0 aliphatic heterocycles. The van der Waals surface area contributed by atoms with Gasteiger partial charge in [0.2, 0.25) is 11.8 Å². The van der Waals surface area contributed by atoms with E-state index in [-0.39, 0.29) is 6.42 Å². The van der Waals surface area contributed by atoms with Crippen molar-refractivity contribution < 1.29 is 14.0 Å². The van der Waals surface area contributed by atoms with Crippen LogP contribution in [0.3, 0.4) is 0 Å². The van der Waals surface area contributed by atoms with Crippen LogP contribution in [0.4, 0.5) is 4.39 Å². The molecule has 0 fully saturated rings. The summed E-state index contributed by atoms with van der Waals surface area (Å²) in [5, 5.41) is 2.85. The summed E-state index contributed by atoms with van der Waals surface area (Å²) in [6.45, 7) is 0. The smallest absolute Gasteiger partial charge is 0.240 e. The number of nitrogens with two attached hydrogens (primary N) is 1. The second kappa shape index (κ2) is 10.1. The van der Waals surface area contributed by atoms with Crippen LogP contribution in [-0.2, 0) is 21.4 Å². The minimum Gasteiger partial charge on any atom is -0.368 e. The van der Waals surface area contributed by atoms with E-state index in [2.05, 4.69) is 5.32 Å². The fourth-order valence-corrected chi connectivity index (χ4v) is 4.33. The molecule has 0 unspecified atom stereocenters. The summed E-state index contributed by atoms with van der Waals surface area (Å²) in [5.74, 6) is -1.61. The Morgan fingerprint density at radius 2 is 1.12 bits per heavy atom. The van der Waals surface area contributed by atoms with Crippen molar-refractivity contribution in [2.24, 2.45) is 5.73 Å². The third-order valence-electron chi connectivity index (χ3n) is 5.99. The zero-order valence-electron chi connectivity index (χ0n) is 18.5. The summed E-state index contributed by atoms with van der Waals surface area (Å²) in [6.07, 6.45) is -0.0534. The minimum atomic E-state index is -1.26. The largest absolute Gasteiger partial charge is 0.368 e. The van der Waals surface area contributed by atoms with Crippen LogP contribution < -0.4 is 11.1 Å². The van der Waals surface area contributed by atoms with Crippen molar-refractivity contribution >= 4 is 11.8 Å². The van der Waals surface area contributed by atoms with Gasteiger partial charge in [0.05, 0.1) is 0 Å². The number of nitrogens with one attached hydrogen (secondary N) is 1. The molecule has 1 atom stereocenters. The highest BCUT2D eigenvalue weighted by Gasteiger charge is 2.44. The van der Waals surface area contributed by atoms with E-state index in [1.165, 1.54) is 6.07 Å². The lowest BCUT2D eigenvalue weighted by atomic mass is 9.68. The van der Waals surface area contributed by atoms with Gasteiger partial charge in [0, 0.05) is 6.42 Å². The number of carbonyl (C=O) groups is 2. The zero-order valence-corrected chi connectivity index (χ0v) is 18.5. The fourth-order valence-electron chi connectivity index (χ4n) is 4.33. The van der Waals surface area contributed by atoms with Gasteiger partial charge in [-0.2, -0.15) is 0 Å². The van der Waals surface area contributed by atoms with E-state index in [9.17, 15) is 14.0 Å². The Bertz CT molecular complexity index is 1160. The molecule has 2 amide bonds. The van der Waals surface area contributed by atoms with Crippen molar-refractivity contribution in [3.8, 4) is 0 Å². The molecule has 0 aliphatic rings. The Hall–Kier alpha value is -4.25. The molecule has 0 aliphatic carbocycles. The molecule has 3 N–H and O–H groups in total. The van der Waals surface area contributed by atoms with E-state index in [0.29, 0.717) is 5.56 Å². The Kier molecular flexibility index (Phi) is 6.83. The molecule has 34 heavy (non-hydrogen) atoms. The molecule has 4 rings (SSSR count). The molecule has 0 spiro atoms. The number of amides is 2. The topological polar surface area (TPSA) is 72.2 Å². The second-order valence-corrected chi connectivity index (χ2v) is 8.07. The van der Waals surface area contributed by atoms with E-state index in [1.807, 2.05) is 91.0 Å². The maximum Gasteiger partial charge on any atom is 0.240 e. The molecule has 4 aromatic carbocycles. The van der Waals surface area contributed by atoms with Crippen molar-refractivity contribution in [2.75, 3.05) is 0 Å². The van der Waals surface area contributed by atoms with Gasteiger partial charge in [-0.3, -0.25) is 9.59 Å². The summed E-state index contributed by atoms with van der Waals surface area (Å²) >= 11 is 0. The maximum atomic E-state index is 14.3. The molecule has 4 nitrogen and oxygen atoms in total. The highest BCUT2D eigenvalue weighted by molar-refractivity contribution is 5.98. The summed E-state index contributed by atoms with van der Waals surface area (Å²) in [6, 6.07) is 33.2. The van der Waals surface area contributed by atoms with E-state index >= 15 is 0 Å². The highest BCUT2D eigenvalue weighted by Crippen LogP contribution is 2.39. The first-order valence-corrected chi connectivity index (χ1v) is 11.0. The van der Waals surface area contributed by atoms with Gasteiger partial charge >= 0.3 is 0 Å². The third kappa shape index (κ3) is 4.46. The van der Waals surface area contributed by atoms with Crippen molar-refractivity contribution in [3.63, 3.8) is 0 Å². The van der Waals surface area contributed by atoms with Crippen molar-refractivity contribution in [2.45, 2.75) is 17.9 Å². The molecule has 0 heterocycles. The summed E-state index contributed by atoms with van der Waals surface area (Å²) in [4.78, 5) is 26.6. The first-order valence-electron chi connectivity index (χ1n) is 11.0. The van der Waals surface area contributed by atoms with Gasteiger partial charge in [-0.05, 0) is 28.3 Å². The number of benzene rings is 4. The van der Waals surface area contributed by atoms with Gasteiger partial charge in [-0.25, -0.2) is 4.39 Å². The normalized spacial score (nSPS) is 12.0. The number of carbonyl (C=O) groups excluding carboxylic acids is 2. The monoisotopic (exact) mass is 452 g/mol. The lowest BCUT2D eigenvalue weighted by molar-refractivity contribution is -0.129. The molecular weight excluding hydrogens is 427 g/mol. The number of halogens is 1. The fraction of sp³-hybridized carbons (Fsp3) is 0.103. The number of primary amides is 1. The minimum absolute atomic E-state index is 0.0534. The van der Waals surface area contributed by atoms with Crippen LogP contribution in [-0.4, -0.2) is 17.9 Å². The predicted octanol–water partition coefficient (Wildman–Crippen LogP) is 4.37. The van der Waals surface area contributed by atoms with E-state index in [4.69, 9.17) is 5.73 Å². The Balaban J connectivity index is 1.85. The van der Waals surface area contributed by atoms with Crippen LogP contribution in [0, 0.1) is 5.82 Å². The SMILES string of the molecule is NC(=O)[C@@H](Cc1ccccc1F)NC(=O)C(c1ccccc1)(c1ccccc1)c1ccccc1. The van der Waals surface area contributed by atoms with Crippen LogP contribution in [0.15, 0.2) is 115 Å². The molecule has 4 aromatic rings.